The highest BCUT2D eigenvalue weighted by atomic mass is 19.4. The number of amides is 1. The van der Waals surface area contributed by atoms with Crippen LogP contribution in [0.4, 0.5) is 18.9 Å². The topological polar surface area (TPSA) is 70.1 Å². The molecule has 2 N–H and O–H groups in total. The van der Waals surface area contributed by atoms with Gasteiger partial charge in [-0.05, 0) is 19.1 Å². The Labute approximate surface area is 114 Å². The Bertz CT molecular complexity index is 535. The summed E-state index contributed by atoms with van der Waals surface area (Å²) >= 11 is 0. The summed E-state index contributed by atoms with van der Waals surface area (Å²) in [5, 5.41) is 8.51. The van der Waals surface area contributed by atoms with Crippen LogP contribution >= 0.6 is 0 Å². The molecule has 1 amide bonds. The van der Waals surface area contributed by atoms with E-state index >= 15 is 0 Å². The van der Waals surface area contributed by atoms with E-state index in [2.05, 4.69) is 0 Å². The third kappa shape index (κ3) is 3.41. The van der Waals surface area contributed by atoms with Crippen molar-refractivity contribution in [3.63, 3.8) is 0 Å². The number of benzene rings is 1. The number of nitrogens with zero attached hydrogens (tertiary/aromatic N) is 2. The van der Waals surface area contributed by atoms with Gasteiger partial charge in [0.25, 0.3) is 5.91 Å². The maximum absolute atomic E-state index is 12.7. The molecule has 0 radical (unpaired) electrons. The molecule has 1 aromatic rings. The van der Waals surface area contributed by atoms with Crippen molar-refractivity contribution >= 4 is 11.6 Å². The Morgan fingerprint density at radius 3 is 2.60 bits per heavy atom. The van der Waals surface area contributed by atoms with Gasteiger partial charge in [0.15, 0.2) is 0 Å². The van der Waals surface area contributed by atoms with Gasteiger partial charge in [-0.15, -0.1) is 0 Å². The van der Waals surface area contributed by atoms with Crippen molar-refractivity contribution in [3.05, 3.63) is 29.3 Å². The minimum Gasteiger partial charge on any atom is -0.398 e. The second kappa shape index (κ2) is 6.28. The van der Waals surface area contributed by atoms with Crippen molar-refractivity contribution in [2.24, 2.45) is 0 Å². The number of hydrogen-bond acceptors (Lipinski definition) is 3. The van der Waals surface area contributed by atoms with Gasteiger partial charge in [0, 0.05) is 13.1 Å². The zero-order valence-electron chi connectivity index (χ0n) is 10.9. The molecular weight excluding hydrogens is 271 g/mol. The lowest BCUT2D eigenvalue weighted by atomic mass is 10.1. The molecule has 0 fully saturated rings. The SMILES string of the molecule is CCN(CCC#N)C(=O)c1cccc(C(F)(F)F)c1N. The van der Waals surface area contributed by atoms with Crippen LogP contribution < -0.4 is 5.73 Å². The number of alkyl halides is 3. The number of anilines is 1. The molecule has 0 spiro atoms. The first kappa shape index (κ1) is 15.8. The Hall–Kier alpha value is -2.23. The number of nitrogens with two attached hydrogens (primary N) is 1. The molecule has 0 aliphatic carbocycles. The van der Waals surface area contributed by atoms with Crippen molar-refractivity contribution in [1.29, 1.82) is 5.26 Å². The zero-order valence-corrected chi connectivity index (χ0v) is 10.9. The predicted molar refractivity (Wildman–Crippen MR) is 67.7 cm³/mol. The van der Waals surface area contributed by atoms with Crippen LogP contribution in [-0.2, 0) is 6.18 Å². The largest absolute Gasteiger partial charge is 0.418 e. The fraction of sp³-hybridized carbons (Fsp3) is 0.385. The molecule has 1 aromatic carbocycles. The van der Waals surface area contributed by atoms with Crippen molar-refractivity contribution < 1.29 is 18.0 Å². The first-order chi connectivity index (χ1) is 9.32. The summed E-state index contributed by atoms with van der Waals surface area (Å²) in [5.41, 5.74) is 3.65. The Balaban J connectivity index is 3.14. The predicted octanol–water partition coefficient (Wildman–Crippen LogP) is 2.66. The third-order valence-electron chi connectivity index (χ3n) is 2.80. The van der Waals surface area contributed by atoms with Gasteiger partial charge in [0.2, 0.25) is 0 Å². The first-order valence-corrected chi connectivity index (χ1v) is 5.94. The van der Waals surface area contributed by atoms with Gasteiger partial charge in [0.1, 0.15) is 0 Å². The monoisotopic (exact) mass is 285 g/mol. The molecule has 7 heteroatoms. The summed E-state index contributed by atoms with van der Waals surface area (Å²) in [6, 6.07) is 5.11. The van der Waals surface area contributed by atoms with Gasteiger partial charge < -0.3 is 10.6 Å². The minimum atomic E-state index is -4.61. The summed E-state index contributed by atoms with van der Waals surface area (Å²) < 4.78 is 38.2. The molecule has 0 aliphatic heterocycles. The molecule has 0 saturated heterocycles. The first-order valence-electron chi connectivity index (χ1n) is 5.94. The average molecular weight is 285 g/mol. The fourth-order valence-corrected chi connectivity index (χ4v) is 1.76. The van der Waals surface area contributed by atoms with E-state index in [1.165, 1.54) is 11.0 Å². The summed E-state index contributed by atoms with van der Waals surface area (Å²) in [6.07, 6.45) is -4.50. The minimum absolute atomic E-state index is 0.110. The maximum atomic E-state index is 12.7. The van der Waals surface area contributed by atoms with E-state index in [1.54, 1.807) is 6.92 Å². The van der Waals surface area contributed by atoms with E-state index in [0.717, 1.165) is 12.1 Å². The highest BCUT2D eigenvalue weighted by Gasteiger charge is 2.34. The molecule has 20 heavy (non-hydrogen) atoms. The van der Waals surface area contributed by atoms with Crippen molar-refractivity contribution in [2.45, 2.75) is 19.5 Å². The van der Waals surface area contributed by atoms with Gasteiger partial charge in [0.05, 0.1) is 29.3 Å². The lowest BCUT2D eigenvalue weighted by molar-refractivity contribution is -0.136. The lowest BCUT2D eigenvalue weighted by Gasteiger charge is -2.21. The molecule has 0 atom stereocenters. The number of halogens is 3. The van der Waals surface area contributed by atoms with Gasteiger partial charge >= 0.3 is 6.18 Å². The average Bonchev–Trinajstić information content (AvgIpc) is 2.38. The van der Waals surface area contributed by atoms with Crippen molar-refractivity contribution in [1.82, 2.24) is 4.90 Å². The van der Waals surface area contributed by atoms with Crippen LogP contribution in [0.3, 0.4) is 0 Å². The standard InChI is InChI=1S/C13H14F3N3O/c1-2-19(8-4-7-17)12(20)9-5-3-6-10(11(9)18)13(14,15)16/h3,5-6H,2,4,8,18H2,1H3. The van der Waals surface area contributed by atoms with Crippen LogP contribution in [-0.4, -0.2) is 23.9 Å². The van der Waals surface area contributed by atoms with E-state index in [4.69, 9.17) is 11.0 Å². The second-order valence-corrected chi connectivity index (χ2v) is 4.06. The van der Waals surface area contributed by atoms with Crippen molar-refractivity contribution in [3.8, 4) is 6.07 Å². The van der Waals surface area contributed by atoms with Crippen LogP contribution in [0.15, 0.2) is 18.2 Å². The molecule has 4 nitrogen and oxygen atoms in total. The molecule has 0 saturated carbocycles. The molecule has 0 aliphatic rings. The molecule has 0 aromatic heterocycles. The van der Waals surface area contributed by atoms with E-state index in [9.17, 15) is 18.0 Å². The number of nitriles is 1. The fourth-order valence-electron chi connectivity index (χ4n) is 1.76. The molecule has 108 valence electrons. The van der Waals surface area contributed by atoms with Gasteiger partial charge in [-0.2, -0.15) is 18.4 Å². The van der Waals surface area contributed by atoms with Crippen LogP contribution in [0, 0.1) is 11.3 Å². The number of carbonyl (C=O) groups is 1. The number of carbonyl (C=O) groups excluding carboxylic acids is 1. The number of nitrogen functional groups attached to an aromatic ring is 1. The quantitative estimate of drug-likeness (QED) is 0.864. The third-order valence-corrected chi connectivity index (χ3v) is 2.80. The zero-order chi connectivity index (χ0) is 15.3. The van der Waals surface area contributed by atoms with E-state index in [0.29, 0.717) is 0 Å². The highest BCUT2D eigenvalue weighted by Crippen LogP contribution is 2.35. The summed E-state index contributed by atoms with van der Waals surface area (Å²) in [5.74, 6) is -0.605. The Kier molecular flexibility index (Phi) is 4.97. The summed E-state index contributed by atoms with van der Waals surface area (Å²) in [4.78, 5) is 13.4. The Morgan fingerprint density at radius 2 is 2.10 bits per heavy atom. The van der Waals surface area contributed by atoms with Crippen LogP contribution in [0.2, 0.25) is 0 Å². The van der Waals surface area contributed by atoms with E-state index < -0.39 is 23.3 Å². The number of para-hydroxylation sites is 1. The van der Waals surface area contributed by atoms with Gasteiger partial charge in [-0.3, -0.25) is 4.79 Å². The smallest absolute Gasteiger partial charge is 0.398 e. The number of rotatable bonds is 4. The van der Waals surface area contributed by atoms with Gasteiger partial charge in [-0.1, -0.05) is 6.07 Å². The van der Waals surface area contributed by atoms with Crippen LogP contribution in [0.5, 0.6) is 0 Å². The molecular formula is C13H14F3N3O. The van der Waals surface area contributed by atoms with Crippen LogP contribution in [0.1, 0.15) is 29.3 Å². The Morgan fingerprint density at radius 1 is 1.45 bits per heavy atom. The number of hydrogen-bond donors (Lipinski definition) is 1. The molecule has 0 heterocycles. The van der Waals surface area contributed by atoms with E-state index in [1.807, 2.05) is 6.07 Å². The second-order valence-electron chi connectivity index (χ2n) is 4.06. The lowest BCUT2D eigenvalue weighted by Crippen LogP contribution is -2.32. The van der Waals surface area contributed by atoms with Crippen LogP contribution in [0.25, 0.3) is 0 Å². The molecule has 0 unspecified atom stereocenters. The van der Waals surface area contributed by atoms with Gasteiger partial charge in [-0.25, -0.2) is 0 Å². The molecule has 0 bridgehead atoms. The summed E-state index contributed by atoms with van der Waals surface area (Å²) in [7, 11) is 0. The molecule has 1 rings (SSSR count). The van der Waals surface area contributed by atoms with E-state index in [-0.39, 0.29) is 25.1 Å². The normalized spacial score (nSPS) is 10.9. The summed E-state index contributed by atoms with van der Waals surface area (Å²) in [6.45, 7) is 2.12. The van der Waals surface area contributed by atoms with Crippen molar-refractivity contribution in [2.75, 3.05) is 18.8 Å². The maximum Gasteiger partial charge on any atom is 0.418 e. The highest BCUT2D eigenvalue weighted by molar-refractivity contribution is 5.99.